The highest BCUT2D eigenvalue weighted by Crippen LogP contribution is 2.23. The number of anilines is 1. The third-order valence-electron chi connectivity index (χ3n) is 3.93. The molecule has 132 valence electrons. The van der Waals surface area contributed by atoms with Gasteiger partial charge in [0.1, 0.15) is 0 Å². The van der Waals surface area contributed by atoms with Crippen LogP contribution in [-0.2, 0) is 0 Å². The number of halogens is 2. The van der Waals surface area contributed by atoms with E-state index in [2.05, 4.69) is 27.9 Å². The second kappa shape index (κ2) is 8.67. The lowest BCUT2D eigenvalue weighted by atomic mass is 10.1. The summed E-state index contributed by atoms with van der Waals surface area (Å²) in [7, 11) is 0. The van der Waals surface area contributed by atoms with Crippen LogP contribution in [0.1, 0.15) is 40.1 Å². The van der Waals surface area contributed by atoms with Gasteiger partial charge in [0.15, 0.2) is 0 Å². The van der Waals surface area contributed by atoms with E-state index in [0.29, 0.717) is 34.9 Å². The number of nitrogens with one attached hydrogen (secondary N) is 1. The van der Waals surface area contributed by atoms with Crippen molar-refractivity contribution in [2.45, 2.75) is 20.8 Å². The molecular formula is C19H20ClIN2O2. The normalized spacial score (nSPS) is 10.4. The molecule has 0 unspecified atom stereocenters. The van der Waals surface area contributed by atoms with E-state index in [9.17, 15) is 9.59 Å². The minimum Gasteiger partial charge on any atom is -0.339 e. The van der Waals surface area contributed by atoms with Crippen molar-refractivity contribution in [2.24, 2.45) is 0 Å². The maximum Gasteiger partial charge on any atom is 0.255 e. The fourth-order valence-corrected chi connectivity index (χ4v) is 3.03. The number of hydrogen-bond acceptors (Lipinski definition) is 2. The molecule has 0 fully saturated rings. The monoisotopic (exact) mass is 470 g/mol. The minimum atomic E-state index is -0.210. The van der Waals surface area contributed by atoms with Crippen LogP contribution in [-0.4, -0.2) is 29.8 Å². The highest BCUT2D eigenvalue weighted by Gasteiger charge is 2.16. The fraction of sp³-hybridized carbons (Fsp3) is 0.263. The maximum atomic E-state index is 12.4. The summed E-state index contributed by atoms with van der Waals surface area (Å²) in [5.74, 6) is -0.320. The Morgan fingerprint density at radius 2 is 1.80 bits per heavy atom. The Labute approximate surface area is 166 Å². The Morgan fingerprint density at radius 3 is 2.36 bits per heavy atom. The predicted molar refractivity (Wildman–Crippen MR) is 111 cm³/mol. The second-order valence-corrected chi connectivity index (χ2v) is 7.16. The molecule has 0 bridgehead atoms. The zero-order valence-electron chi connectivity index (χ0n) is 14.4. The average Bonchev–Trinajstić information content (AvgIpc) is 2.58. The van der Waals surface area contributed by atoms with Crippen LogP contribution < -0.4 is 5.32 Å². The zero-order valence-corrected chi connectivity index (χ0v) is 17.3. The molecule has 2 rings (SSSR count). The largest absolute Gasteiger partial charge is 0.339 e. The van der Waals surface area contributed by atoms with Crippen molar-refractivity contribution in [3.8, 4) is 0 Å². The van der Waals surface area contributed by atoms with Gasteiger partial charge in [0.05, 0.1) is 10.6 Å². The van der Waals surface area contributed by atoms with E-state index in [1.807, 2.05) is 32.9 Å². The Kier molecular flexibility index (Phi) is 6.84. The molecule has 2 amide bonds. The van der Waals surface area contributed by atoms with Crippen LogP contribution >= 0.6 is 34.2 Å². The summed E-state index contributed by atoms with van der Waals surface area (Å²) in [5.41, 5.74) is 2.62. The topological polar surface area (TPSA) is 49.4 Å². The summed E-state index contributed by atoms with van der Waals surface area (Å²) >= 11 is 8.49. The standard InChI is InChI=1S/C19H20ClIN2O2/c1-4-23(5-2)19(25)15-8-7-14(11-16(15)20)22-18(24)13-6-9-17(21)12(3)10-13/h6-11H,4-5H2,1-3H3,(H,22,24). The zero-order chi connectivity index (χ0) is 18.6. The van der Waals surface area contributed by atoms with Crippen molar-refractivity contribution in [3.05, 3.63) is 61.7 Å². The number of carbonyl (C=O) groups is 2. The number of amides is 2. The Bertz CT molecular complexity index is 804. The summed E-state index contributed by atoms with van der Waals surface area (Å²) in [5, 5.41) is 3.15. The first-order valence-electron chi connectivity index (χ1n) is 8.03. The van der Waals surface area contributed by atoms with Crippen molar-refractivity contribution in [1.82, 2.24) is 4.90 Å². The smallest absolute Gasteiger partial charge is 0.255 e. The Balaban J connectivity index is 2.18. The number of benzene rings is 2. The van der Waals surface area contributed by atoms with Gasteiger partial charge in [-0.2, -0.15) is 0 Å². The number of rotatable bonds is 5. The lowest BCUT2D eigenvalue weighted by Gasteiger charge is -2.19. The quantitative estimate of drug-likeness (QED) is 0.626. The van der Waals surface area contributed by atoms with Crippen molar-refractivity contribution in [1.29, 1.82) is 0 Å². The lowest BCUT2D eigenvalue weighted by Crippen LogP contribution is -2.30. The van der Waals surface area contributed by atoms with E-state index in [0.717, 1.165) is 9.13 Å². The number of aryl methyl sites for hydroxylation is 1. The van der Waals surface area contributed by atoms with E-state index in [1.54, 1.807) is 29.2 Å². The van der Waals surface area contributed by atoms with E-state index < -0.39 is 0 Å². The molecule has 6 heteroatoms. The molecule has 0 aromatic heterocycles. The SMILES string of the molecule is CCN(CC)C(=O)c1ccc(NC(=O)c2ccc(I)c(C)c2)cc1Cl. The molecule has 25 heavy (non-hydrogen) atoms. The van der Waals surface area contributed by atoms with Gasteiger partial charge in [-0.25, -0.2) is 0 Å². The van der Waals surface area contributed by atoms with Crippen LogP contribution in [0.2, 0.25) is 5.02 Å². The van der Waals surface area contributed by atoms with Crippen molar-refractivity contribution >= 4 is 51.7 Å². The summed E-state index contributed by atoms with van der Waals surface area (Å²) in [6.45, 7) is 7.05. The molecule has 1 N–H and O–H groups in total. The Morgan fingerprint density at radius 1 is 1.12 bits per heavy atom. The molecule has 0 atom stereocenters. The van der Waals surface area contributed by atoms with Crippen LogP contribution in [0, 0.1) is 10.5 Å². The fourth-order valence-electron chi connectivity index (χ4n) is 2.44. The molecule has 2 aromatic rings. The highest BCUT2D eigenvalue weighted by molar-refractivity contribution is 14.1. The second-order valence-electron chi connectivity index (χ2n) is 5.59. The lowest BCUT2D eigenvalue weighted by molar-refractivity contribution is 0.0773. The van der Waals surface area contributed by atoms with E-state index in [4.69, 9.17) is 11.6 Å². The minimum absolute atomic E-state index is 0.110. The Hall–Kier alpha value is -1.60. The molecule has 0 aliphatic rings. The molecular weight excluding hydrogens is 451 g/mol. The number of carbonyl (C=O) groups excluding carboxylic acids is 2. The molecule has 0 saturated carbocycles. The summed E-state index contributed by atoms with van der Waals surface area (Å²) < 4.78 is 1.11. The summed E-state index contributed by atoms with van der Waals surface area (Å²) in [4.78, 5) is 26.5. The molecule has 0 spiro atoms. The number of hydrogen-bond donors (Lipinski definition) is 1. The first-order valence-corrected chi connectivity index (χ1v) is 9.49. The molecule has 0 aliphatic carbocycles. The molecule has 2 aromatic carbocycles. The van der Waals surface area contributed by atoms with Crippen LogP contribution in [0.25, 0.3) is 0 Å². The molecule has 0 aliphatic heterocycles. The van der Waals surface area contributed by atoms with Gasteiger partial charge < -0.3 is 10.2 Å². The molecule has 0 saturated heterocycles. The molecule has 4 nitrogen and oxygen atoms in total. The van der Waals surface area contributed by atoms with Gasteiger partial charge in [-0.15, -0.1) is 0 Å². The van der Waals surface area contributed by atoms with Gasteiger partial charge in [-0.05, 0) is 85.3 Å². The third kappa shape index (κ3) is 4.73. The van der Waals surface area contributed by atoms with Crippen LogP contribution in [0.15, 0.2) is 36.4 Å². The van der Waals surface area contributed by atoms with E-state index >= 15 is 0 Å². The van der Waals surface area contributed by atoms with E-state index in [-0.39, 0.29) is 11.8 Å². The molecule has 0 radical (unpaired) electrons. The summed E-state index contributed by atoms with van der Waals surface area (Å²) in [6.07, 6.45) is 0. The van der Waals surface area contributed by atoms with Gasteiger partial charge in [-0.1, -0.05) is 11.6 Å². The number of nitrogens with zero attached hydrogens (tertiary/aromatic N) is 1. The first kappa shape index (κ1) is 19.7. The maximum absolute atomic E-state index is 12.4. The summed E-state index contributed by atoms with van der Waals surface area (Å²) in [6, 6.07) is 10.5. The van der Waals surface area contributed by atoms with Gasteiger partial charge in [0.2, 0.25) is 0 Å². The van der Waals surface area contributed by atoms with Crippen LogP contribution in [0.3, 0.4) is 0 Å². The van der Waals surface area contributed by atoms with Crippen molar-refractivity contribution < 1.29 is 9.59 Å². The third-order valence-corrected chi connectivity index (χ3v) is 5.45. The van der Waals surface area contributed by atoms with E-state index in [1.165, 1.54) is 0 Å². The van der Waals surface area contributed by atoms with Gasteiger partial charge in [-0.3, -0.25) is 9.59 Å². The van der Waals surface area contributed by atoms with Crippen LogP contribution in [0.4, 0.5) is 5.69 Å². The predicted octanol–water partition coefficient (Wildman–Crippen LogP) is 4.99. The first-order chi connectivity index (χ1) is 11.9. The van der Waals surface area contributed by atoms with Gasteiger partial charge in [0.25, 0.3) is 11.8 Å². The highest BCUT2D eigenvalue weighted by atomic mass is 127. The molecule has 0 heterocycles. The van der Waals surface area contributed by atoms with Gasteiger partial charge in [0, 0.05) is 27.9 Å². The average molecular weight is 471 g/mol. The van der Waals surface area contributed by atoms with Crippen molar-refractivity contribution in [3.63, 3.8) is 0 Å². The van der Waals surface area contributed by atoms with Crippen LogP contribution in [0.5, 0.6) is 0 Å². The van der Waals surface area contributed by atoms with Crippen molar-refractivity contribution in [2.75, 3.05) is 18.4 Å². The van der Waals surface area contributed by atoms with Gasteiger partial charge >= 0.3 is 0 Å².